The van der Waals surface area contributed by atoms with E-state index >= 15 is 0 Å². The summed E-state index contributed by atoms with van der Waals surface area (Å²) in [5, 5.41) is 10.2. The molecule has 0 aromatic carbocycles. The van der Waals surface area contributed by atoms with Gasteiger partial charge in [-0.05, 0) is 32.6 Å². The third kappa shape index (κ3) is 4.94. The van der Waals surface area contributed by atoms with E-state index in [1.54, 1.807) is 0 Å². The van der Waals surface area contributed by atoms with Crippen molar-refractivity contribution in [2.75, 3.05) is 19.7 Å². The van der Waals surface area contributed by atoms with E-state index in [1.165, 1.54) is 0 Å². The molecule has 1 fully saturated rings. The molecule has 17 heavy (non-hydrogen) atoms. The molecule has 0 aromatic heterocycles. The fourth-order valence-corrected chi connectivity index (χ4v) is 2.28. The van der Waals surface area contributed by atoms with Gasteiger partial charge in [0.05, 0.1) is 18.8 Å². The number of morpholine rings is 1. The quantitative estimate of drug-likeness (QED) is 0.807. The highest BCUT2D eigenvalue weighted by atomic mass is 16.5. The van der Waals surface area contributed by atoms with Gasteiger partial charge in [-0.1, -0.05) is 20.8 Å². The minimum absolute atomic E-state index is 0.0396. The maximum Gasteiger partial charge on any atom is 0.0961 e. The highest BCUT2D eigenvalue weighted by Crippen LogP contribution is 2.26. The normalized spacial score (nSPS) is 25.9. The number of nitrogens with zero attached hydrogens (tertiary/aromatic N) is 1. The minimum Gasteiger partial charge on any atom is -0.390 e. The molecule has 2 atom stereocenters. The highest BCUT2D eigenvalue weighted by molar-refractivity contribution is 4.86. The first kappa shape index (κ1) is 14.9. The fourth-order valence-electron chi connectivity index (χ4n) is 2.28. The SMILES string of the molecule is CC(C)(C)CC(O)C1CN(C(C)(C)C)CCO1. The van der Waals surface area contributed by atoms with Crippen molar-refractivity contribution in [2.24, 2.45) is 5.41 Å². The van der Waals surface area contributed by atoms with E-state index in [9.17, 15) is 5.11 Å². The lowest BCUT2D eigenvalue weighted by atomic mass is 9.87. The second kappa shape index (κ2) is 5.25. The number of ether oxygens (including phenoxy) is 1. The molecule has 1 N–H and O–H groups in total. The maximum absolute atomic E-state index is 10.2. The summed E-state index contributed by atoms with van der Waals surface area (Å²) in [7, 11) is 0. The van der Waals surface area contributed by atoms with Crippen molar-refractivity contribution in [3.63, 3.8) is 0 Å². The first-order valence-electron chi connectivity index (χ1n) is 6.64. The predicted octanol–water partition coefficient (Wildman–Crippen LogP) is 2.28. The highest BCUT2D eigenvalue weighted by Gasteiger charge is 2.33. The number of aliphatic hydroxyl groups excluding tert-OH is 1. The zero-order valence-corrected chi connectivity index (χ0v) is 12.3. The van der Waals surface area contributed by atoms with Crippen LogP contribution in [0.3, 0.4) is 0 Å². The molecule has 1 rings (SSSR count). The van der Waals surface area contributed by atoms with E-state index in [4.69, 9.17) is 4.74 Å². The topological polar surface area (TPSA) is 32.7 Å². The van der Waals surface area contributed by atoms with Crippen LogP contribution >= 0.6 is 0 Å². The van der Waals surface area contributed by atoms with Crippen molar-refractivity contribution in [3.8, 4) is 0 Å². The van der Waals surface area contributed by atoms with Crippen LogP contribution in [0.1, 0.15) is 48.0 Å². The monoisotopic (exact) mass is 243 g/mol. The molecule has 102 valence electrons. The molecule has 1 aliphatic heterocycles. The Morgan fingerprint density at radius 1 is 1.24 bits per heavy atom. The third-order valence-electron chi connectivity index (χ3n) is 3.29. The molecule has 0 aromatic rings. The second-order valence-corrected chi connectivity index (χ2v) is 7.36. The number of aliphatic hydroxyl groups is 1. The maximum atomic E-state index is 10.2. The van der Waals surface area contributed by atoms with Crippen molar-refractivity contribution in [1.82, 2.24) is 4.90 Å². The van der Waals surface area contributed by atoms with E-state index in [0.717, 1.165) is 26.1 Å². The Kier molecular flexibility index (Phi) is 4.61. The van der Waals surface area contributed by atoms with Crippen LogP contribution in [0.2, 0.25) is 0 Å². The van der Waals surface area contributed by atoms with Gasteiger partial charge in [0.25, 0.3) is 0 Å². The van der Waals surface area contributed by atoms with Crippen LogP contribution in [0.4, 0.5) is 0 Å². The lowest BCUT2D eigenvalue weighted by Crippen LogP contribution is -2.54. The van der Waals surface area contributed by atoms with Crippen molar-refractivity contribution in [2.45, 2.75) is 65.7 Å². The lowest BCUT2D eigenvalue weighted by Gasteiger charge is -2.43. The summed E-state index contributed by atoms with van der Waals surface area (Å²) >= 11 is 0. The van der Waals surface area contributed by atoms with Crippen LogP contribution < -0.4 is 0 Å². The van der Waals surface area contributed by atoms with Crippen LogP contribution in [-0.4, -0.2) is 47.4 Å². The summed E-state index contributed by atoms with van der Waals surface area (Å²) < 4.78 is 5.72. The van der Waals surface area contributed by atoms with E-state index in [1.807, 2.05) is 0 Å². The lowest BCUT2D eigenvalue weighted by molar-refractivity contribution is -0.114. The molecule has 0 radical (unpaired) electrons. The van der Waals surface area contributed by atoms with Gasteiger partial charge in [0.15, 0.2) is 0 Å². The Hall–Kier alpha value is -0.120. The summed E-state index contributed by atoms with van der Waals surface area (Å²) in [5.74, 6) is 0. The number of hydrogen-bond acceptors (Lipinski definition) is 3. The van der Waals surface area contributed by atoms with Gasteiger partial charge in [0.1, 0.15) is 0 Å². The third-order valence-corrected chi connectivity index (χ3v) is 3.29. The van der Waals surface area contributed by atoms with Gasteiger partial charge in [-0.3, -0.25) is 4.90 Å². The van der Waals surface area contributed by atoms with E-state index in [0.29, 0.717) is 0 Å². The molecule has 0 saturated carbocycles. The zero-order valence-electron chi connectivity index (χ0n) is 12.3. The van der Waals surface area contributed by atoms with Gasteiger partial charge >= 0.3 is 0 Å². The molecule has 0 aliphatic carbocycles. The van der Waals surface area contributed by atoms with Crippen LogP contribution in [0.25, 0.3) is 0 Å². The van der Waals surface area contributed by atoms with Gasteiger partial charge < -0.3 is 9.84 Å². The summed E-state index contributed by atoms with van der Waals surface area (Å²) in [6.07, 6.45) is 0.387. The van der Waals surface area contributed by atoms with Gasteiger partial charge in [0, 0.05) is 18.6 Å². The Bertz CT molecular complexity index is 240. The van der Waals surface area contributed by atoms with E-state index in [-0.39, 0.29) is 23.2 Å². The molecule has 1 heterocycles. The predicted molar refractivity (Wildman–Crippen MR) is 71.1 cm³/mol. The zero-order chi connectivity index (χ0) is 13.3. The largest absolute Gasteiger partial charge is 0.390 e. The van der Waals surface area contributed by atoms with Crippen LogP contribution in [0.15, 0.2) is 0 Å². The molecule has 1 saturated heterocycles. The molecule has 2 unspecified atom stereocenters. The summed E-state index contributed by atoms with van der Waals surface area (Å²) in [4.78, 5) is 2.40. The van der Waals surface area contributed by atoms with Crippen molar-refractivity contribution in [1.29, 1.82) is 0 Å². The first-order chi connectivity index (χ1) is 7.59. The smallest absolute Gasteiger partial charge is 0.0961 e. The molecule has 3 nitrogen and oxygen atoms in total. The van der Waals surface area contributed by atoms with Crippen molar-refractivity contribution in [3.05, 3.63) is 0 Å². The van der Waals surface area contributed by atoms with Crippen LogP contribution in [0.5, 0.6) is 0 Å². The number of rotatable bonds is 2. The average molecular weight is 243 g/mol. The molecular formula is C14H29NO2. The Balaban J connectivity index is 2.55. The first-order valence-corrected chi connectivity index (χ1v) is 6.64. The van der Waals surface area contributed by atoms with Crippen LogP contribution in [-0.2, 0) is 4.74 Å². The summed E-state index contributed by atoms with van der Waals surface area (Å²) in [5.41, 5.74) is 0.302. The molecule has 1 aliphatic rings. The van der Waals surface area contributed by atoms with Crippen molar-refractivity contribution < 1.29 is 9.84 Å². The molecule has 3 heteroatoms. The van der Waals surface area contributed by atoms with Gasteiger partial charge in [-0.2, -0.15) is 0 Å². The van der Waals surface area contributed by atoms with Gasteiger partial charge in [-0.25, -0.2) is 0 Å². The molecule has 0 spiro atoms. The van der Waals surface area contributed by atoms with E-state index < -0.39 is 0 Å². The number of hydrogen-bond donors (Lipinski definition) is 1. The van der Waals surface area contributed by atoms with Gasteiger partial charge in [0.2, 0.25) is 0 Å². The van der Waals surface area contributed by atoms with Crippen LogP contribution in [0, 0.1) is 5.41 Å². The average Bonchev–Trinajstić information content (AvgIpc) is 2.14. The second-order valence-electron chi connectivity index (χ2n) is 7.36. The Labute approximate surface area is 106 Å². The molecule has 0 amide bonds. The molecular weight excluding hydrogens is 214 g/mol. The van der Waals surface area contributed by atoms with E-state index in [2.05, 4.69) is 46.4 Å². The standard InChI is InChI=1S/C14H29NO2/c1-13(2,3)9-11(16)12-10-15(7-8-17-12)14(4,5)6/h11-12,16H,7-10H2,1-6H3. The Morgan fingerprint density at radius 3 is 2.29 bits per heavy atom. The fraction of sp³-hybridized carbons (Fsp3) is 1.00. The van der Waals surface area contributed by atoms with Gasteiger partial charge in [-0.15, -0.1) is 0 Å². The summed E-state index contributed by atoms with van der Waals surface area (Å²) in [6, 6.07) is 0. The Morgan fingerprint density at radius 2 is 1.82 bits per heavy atom. The molecule has 0 bridgehead atoms. The summed E-state index contributed by atoms with van der Waals surface area (Å²) in [6.45, 7) is 15.6. The minimum atomic E-state index is -0.361. The van der Waals surface area contributed by atoms with Crippen molar-refractivity contribution >= 4 is 0 Å².